The number of rotatable bonds is 0. The molecule has 4 heteroatoms. The van der Waals surface area contributed by atoms with Crippen LogP contribution in [0.15, 0.2) is 12.1 Å². The van der Waals surface area contributed by atoms with Gasteiger partial charge < -0.3 is 10.3 Å². The highest BCUT2D eigenvalue weighted by Gasteiger charge is 2.27. The lowest BCUT2D eigenvalue weighted by Crippen LogP contribution is -2.35. The highest BCUT2D eigenvalue weighted by Crippen LogP contribution is 2.34. The van der Waals surface area contributed by atoms with E-state index in [-0.39, 0.29) is 17.4 Å². The summed E-state index contributed by atoms with van der Waals surface area (Å²) in [5.41, 5.74) is 2.11. The van der Waals surface area contributed by atoms with Gasteiger partial charge in [-0.2, -0.15) is 0 Å². The molecule has 3 rings (SSSR count). The molecule has 2 unspecified atom stereocenters. The van der Waals surface area contributed by atoms with E-state index in [4.69, 9.17) is 0 Å². The lowest BCUT2D eigenvalue weighted by molar-refractivity contribution is 0.444. The standard InChI is InChI=1S/C13H14F2N2/c1-6-5-10-11(7(2)16-6)12-8(14)3-4-9(15)13(12)17-10/h3-4,6-7,16-17H,5H2,1-2H3. The maximum Gasteiger partial charge on any atom is 0.147 e. The molecule has 2 N–H and O–H groups in total. The number of fused-ring (bicyclic) bond motifs is 3. The van der Waals surface area contributed by atoms with Gasteiger partial charge in [0.15, 0.2) is 0 Å². The maximum atomic E-state index is 13.8. The Morgan fingerprint density at radius 2 is 1.88 bits per heavy atom. The molecule has 1 aliphatic heterocycles. The SMILES string of the molecule is CC1Cc2[nH]c3c(F)ccc(F)c3c2C(C)N1. The number of aromatic amines is 1. The summed E-state index contributed by atoms with van der Waals surface area (Å²) in [6, 6.07) is 2.72. The number of H-pyrrole nitrogens is 1. The van der Waals surface area contributed by atoms with Crippen molar-refractivity contribution in [2.75, 3.05) is 0 Å². The van der Waals surface area contributed by atoms with Crippen LogP contribution in [0.4, 0.5) is 8.78 Å². The topological polar surface area (TPSA) is 27.8 Å². The van der Waals surface area contributed by atoms with Gasteiger partial charge in [0, 0.05) is 35.1 Å². The number of nitrogens with one attached hydrogen (secondary N) is 2. The molecule has 1 aromatic heterocycles. The van der Waals surface area contributed by atoms with Gasteiger partial charge >= 0.3 is 0 Å². The quantitative estimate of drug-likeness (QED) is 0.723. The van der Waals surface area contributed by atoms with Crippen LogP contribution in [0.25, 0.3) is 10.9 Å². The molecule has 0 bridgehead atoms. The second kappa shape index (κ2) is 3.53. The predicted molar refractivity (Wildman–Crippen MR) is 62.9 cm³/mol. The summed E-state index contributed by atoms with van der Waals surface area (Å²) in [4.78, 5) is 3.03. The van der Waals surface area contributed by atoms with E-state index in [9.17, 15) is 8.78 Å². The molecule has 0 amide bonds. The molecular weight excluding hydrogens is 222 g/mol. The minimum Gasteiger partial charge on any atom is -0.356 e. The lowest BCUT2D eigenvalue weighted by atomic mass is 9.95. The van der Waals surface area contributed by atoms with Crippen molar-refractivity contribution in [1.29, 1.82) is 0 Å². The smallest absolute Gasteiger partial charge is 0.147 e. The van der Waals surface area contributed by atoms with E-state index in [1.54, 1.807) is 0 Å². The highest BCUT2D eigenvalue weighted by molar-refractivity contribution is 5.86. The monoisotopic (exact) mass is 236 g/mol. The Balaban J connectivity index is 2.36. The summed E-state index contributed by atoms with van der Waals surface area (Å²) in [6.45, 7) is 4.05. The van der Waals surface area contributed by atoms with E-state index in [1.165, 1.54) is 12.1 Å². The third-order valence-electron chi connectivity index (χ3n) is 3.45. The van der Waals surface area contributed by atoms with Gasteiger partial charge in [0.25, 0.3) is 0 Å². The number of benzene rings is 1. The van der Waals surface area contributed by atoms with Crippen LogP contribution in [-0.2, 0) is 6.42 Å². The first-order chi connectivity index (χ1) is 8.08. The predicted octanol–water partition coefficient (Wildman–Crippen LogP) is 3.04. The minimum atomic E-state index is -0.393. The van der Waals surface area contributed by atoms with E-state index in [2.05, 4.69) is 17.2 Å². The van der Waals surface area contributed by atoms with Crippen LogP contribution in [0, 0.1) is 11.6 Å². The van der Waals surface area contributed by atoms with Gasteiger partial charge in [0.1, 0.15) is 11.6 Å². The third-order valence-corrected chi connectivity index (χ3v) is 3.45. The van der Waals surface area contributed by atoms with Crippen molar-refractivity contribution in [3.05, 3.63) is 35.0 Å². The van der Waals surface area contributed by atoms with E-state index in [0.717, 1.165) is 17.7 Å². The van der Waals surface area contributed by atoms with Crippen molar-refractivity contribution in [1.82, 2.24) is 10.3 Å². The van der Waals surface area contributed by atoms with Crippen molar-refractivity contribution in [3.8, 4) is 0 Å². The van der Waals surface area contributed by atoms with Crippen molar-refractivity contribution in [2.24, 2.45) is 0 Å². The molecule has 17 heavy (non-hydrogen) atoms. The Labute approximate surface area is 98.0 Å². The minimum absolute atomic E-state index is 0.0406. The molecule has 2 heterocycles. The van der Waals surface area contributed by atoms with Crippen LogP contribution in [-0.4, -0.2) is 11.0 Å². The Kier molecular flexibility index (Phi) is 2.23. The van der Waals surface area contributed by atoms with Gasteiger partial charge in [-0.1, -0.05) is 0 Å². The van der Waals surface area contributed by atoms with Crippen molar-refractivity contribution in [2.45, 2.75) is 32.4 Å². The van der Waals surface area contributed by atoms with Crippen molar-refractivity contribution in [3.63, 3.8) is 0 Å². The zero-order valence-electron chi connectivity index (χ0n) is 9.77. The second-order valence-corrected chi connectivity index (χ2v) is 4.79. The van der Waals surface area contributed by atoms with E-state index >= 15 is 0 Å². The number of aromatic nitrogens is 1. The first-order valence-corrected chi connectivity index (χ1v) is 5.82. The molecule has 2 nitrogen and oxygen atoms in total. The number of hydrogen-bond acceptors (Lipinski definition) is 1. The van der Waals surface area contributed by atoms with Gasteiger partial charge in [-0.15, -0.1) is 0 Å². The summed E-state index contributed by atoms with van der Waals surface area (Å²) in [7, 11) is 0. The van der Waals surface area contributed by atoms with Crippen LogP contribution < -0.4 is 5.32 Å². The number of hydrogen-bond donors (Lipinski definition) is 2. The molecule has 1 aliphatic rings. The molecule has 0 aliphatic carbocycles. The van der Waals surface area contributed by atoms with Crippen molar-refractivity contribution < 1.29 is 8.78 Å². The summed E-state index contributed by atoms with van der Waals surface area (Å²) < 4.78 is 27.5. The first-order valence-electron chi connectivity index (χ1n) is 5.82. The fraction of sp³-hybridized carbons (Fsp3) is 0.385. The van der Waals surface area contributed by atoms with Crippen LogP contribution in [0.3, 0.4) is 0 Å². The third kappa shape index (κ3) is 1.47. The average Bonchev–Trinajstić information content (AvgIpc) is 2.64. The second-order valence-electron chi connectivity index (χ2n) is 4.79. The van der Waals surface area contributed by atoms with Gasteiger partial charge in [-0.25, -0.2) is 8.78 Å². The molecule has 2 atom stereocenters. The number of halogens is 2. The zero-order chi connectivity index (χ0) is 12.2. The Hall–Kier alpha value is -1.42. The van der Waals surface area contributed by atoms with Gasteiger partial charge in [-0.05, 0) is 26.0 Å². The molecule has 90 valence electrons. The fourth-order valence-electron chi connectivity index (χ4n) is 2.82. The summed E-state index contributed by atoms with van der Waals surface area (Å²) in [6.07, 6.45) is 0.771. The van der Waals surface area contributed by atoms with E-state index in [1.807, 2.05) is 6.92 Å². The Morgan fingerprint density at radius 3 is 2.65 bits per heavy atom. The maximum absolute atomic E-state index is 13.8. The average molecular weight is 236 g/mol. The highest BCUT2D eigenvalue weighted by atomic mass is 19.1. The summed E-state index contributed by atoms with van der Waals surface area (Å²) >= 11 is 0. The van der Waals surface area contributed by atoms with Crippen LogP contribution in [0.1, 0.15) is 31.1 Å². The molecule has 2 aromatic rings. The molecule has 0 radical (unpaired) electrons. The van der Waals surface area contributed by atoms with E-state index in [0.29, 0.717) is 11.4 Å². The Bertz CT molecular complexity index is 589. The molecular formula is C13H14F2N2. The largest absolute Gasteiger partial charge is 0.356 e. The zero-order valence-corrected chi connectivity index (χ0v) is 9.77. The van der Waals surface area contributed by atoms with Gasteiger partial charge in [0.05, 0.1) is 5.52 Å². The fourth-order valence-corrected chi connectivity index (χ4v) is 2.82. The van der Waals surface area contributed by atoms with Crippen molar-refractivity contribution >= 4 is 10.9 Å². The molecule has 0 spiro atoms. The van der Waals surface area contributed by atoms with Gasteiger partial charge in [0.2, 0.25) is 0 Å². The lowest BCUT2D eigenvalue weighted by Gasteiger charge is -2.26. The molecule has 0 saturated heterocycles. The van der Waals surface area contributed by atoms with Gasteiger partial charge in [-0.3, -0.25) is 0 Å². The normalized spacial score (nSPS) is 24.0. The molecule has 0 saturated carbocycles. The van der Waals surface area contributed by atoms with Crippen LogP contribution >= 0.6 is 0 Å². The summed E-state index contributed by atoms with van der Waals surface area (Å²) in [5, 5.41) is 3.75. The van der Waals surface area contributed by atoms with Crippen LogP contribution in [0.5, 0.6) is 0 Å². The van der Waals surface area contributed by atoms with Crippen LogP contribution in [0.2, 0.25) is 0 Å². The molecule has 1 aromatic carbocycles. The van der Waals surface area contributed by atoms with E-state index < -0.39 is 5.82 Å². The molecule has 0 fully saturated rings. The first kappa shape index (κ1) is 10.7. The summed E-state index contributed by atoms with van der Waals surface area (Å²) in [5.74, 6) is -0.752. The Morgan fingerprint density at radius 1 is 1.18 bits per heavy atom.